The Bertz CT molecular complexity index is 443. The SMILES string of the molecule is O=C(O)c1cccc([N+](=O)[O-])c1O[N+](=O)[O-].[K]. The van der Waals surface area contributed by atoms with Crippen LogP contribution < -0.4 is 4.84 Å². The molecule has 0 aliphatic heterocycles. The van der Waals surface area contributed by atoms with E-state index in [0.29, 0.717) is 0 Å². The first-order chi connectivity index (χ1) is 7.43. The van der Waals surface area contributed by atoms with E-state index >= 15 is 0 Å². The van der Waals surface area contributed by atoms with Gasteiger partial charge >= 0.3 is 5.97 Å². The van der Waals surface area contributed by atoms with Crippen LogP contribution in [0, 0.1) is 20.2 Å². The van der Waals surface area contributed by atoms with Crippen molar-refractivity contribution in [1.82, 2.24) is 0 Å². The van der Waals surface area contributed by atoms with Crippen molar-refractivity contribution in [3.8, 4) is 5.75 Å². The minimum Gasteiger partial charge on any atom is -0.478 e. The maximum absolute atomic E-state index is 10.7. The summed E-state index contributed by atoms with van der Waals surface area (Å²) in [6.07, 6.45) is 0. The van der Waals surface area contributed by atoms with Gasteiger partial charge in [0.15, 0.2) is 0 Å². The molecule has 0 saturated heterocycles. The van der Waals surface area contributed by atoms with E-state index in [1.165, 1.54) is 0 Å². The van der Waals surface area contributed by atoms with Crippen LogP contribution in [0.4, 0.5) is 5.69 Å². The van der Waals surface area contributed by atoms with Gasteiger partial charge in [-0.1, -0.05) is 6.07 Å². The Labute approximate surface area is 136 Å². The third-order valence-corrected chi connectivity index (χ3v) is 1.59. The number of para-hydroxylation sites is 1. The van der Waals surface area contributed by atoms with Gasteiger partial charge in [0.05, 0.1) is 10.5 Å². The summed E-state index contributed by atoms with van der Waals surface area (Å²) in [6.45, 7) is 0. The van der Waals surface area contributed by atoms with E-state index in [9.17, 15) is 25.0 Å². The molecule has 0 aromatic heterocycles. The summed E-state index contributed by atoms with van der Waals surface area (Å²) in [4.78, 5) is 34.2. The molecule has 0 fully saturated rings. The smallest absolute Gasteiger partial charge is 0.338 e. The predicted octanol–water partition coefficient (Wildman–Crippen LogP) is 0.483. The third kappa shape index (κ3) is 4.01. The minimum absolute atomic E-state index is 0. The van der Waals surface area contributed by atoms with Crippen LogP contribution in [0.25, 0.3) is 0 Å². The van der Waals surface area contributed by atoms with Gasteiger partial charge in [-0.15, -0.1) is 10.1 Å². The molecule has 85 valence electrons. The van der Waals surface area contributed by atoms with Crippen molar-refractivity contribution in [2.75, 3.05) is 0 Å². The van der Waals surface area contributed by atoms with Crippen molar-refractivity contribution < 1.29 is 24.7 Å². The summed E-state index contributed by atoms with van der Waals surface area (Å²) in [5, 5.41) is 27.9. The molecular weight excluding hydrogens is 263 g/mol. The second-order valence-corrected chi connectivity index (χ2v) is 2.53. The third-order valence-electron chi connectivity index (χ3n) is 1.59. The Morgan fingerprint density at radius 2 is 1.88 bits per heavy atom. The standard InChI is InChI=1S/C7H4N2O7.K/c10-7(11)4-2-1-3-5(8(12)13)6(4)16-9(14)15;/h1-3H,(H,10,11);. The fourth-order valence-electron chi connectivity index (χ4n) is 1.01. The molecule has 0 heterocycles. The molecule has 9 nitrogen and oxygen atoms in total. The number of nitro benzene ring substituents is 1. The quantitative estimate of drug-likeness (QED) is 0.476. The van der Waals surface area contributed by atoms with Crippen LogP contribution >= 0.6 is 0 Å². The molecule has 0 unspecified atom stereocenters. The van der Waals surface area contributed by atoms with Gasteiger partial charge in [-0.3, -0.25) is 15.0 Å². The van der Waals surface area contributed by atoms with E-state index < -0.39 is 33.0 Å². The summed E-state index contributed by atoms with van der Waals surface area (Å²) < 4.78 is 0. The molecule has 1 N–H and O–H groups in total. The number of nitrogens with zero attached hydrogens (tertiary/aromatic N) is 2. The summed E-state index contributed by atoms with van der Waals surface area (Å²) in [5.41, 5.74) is -1.43. The van der Waals surface area contributed by atoms with Crippen molar-refractivity contribution in [3.05, 3.63) is 44.0 Å². The second-order valence-electron chi connectivity index (χ2n) is 2.53. The second kappa shape index (κ2) is 6.61. The normalized spacial score (nSPS) is 8.94. The fourth-order valence-corrected chi connectivity index (χ4v) is 1.01. The zero-order chi connectivity index (χ0) is 12.3. The van der Waals surface area contributed by atoms with E-state index in [1.54, 1.807) is 0 Å². The van der Waals surface area contributed by atoms with E-state index in [-0.39, 0.29) is 51.4 Å². The number of hydrogen-bond donors (Lipinski definition) is 1. The van der Waals surface area contributed by atoms with Crippen molar-refractivity contribution >= 4 is 63.0 Å². The number of hydrogen-bond acceptors (Lipinski definition) is 6. The Kier molecular flexibility index (Phi) is 6.19. The molecule has 1 rings (SSSR count). The van der Waals surface area contributed by atoms with Gasteiger partial charge in [-0.25, -0.2) is 4.79 Å². The van der Waals surface area contributed by atoms with Gasteiger partial charge in [-0.05, 0) is 6.07 Å². The molecule has 1 aromatic rings. The van der Waals surface area contributed by atoms with Gasteiger partial charge < -0.3 is 5.11 Å². The van der Waals surface area contributed by atoms with E-state index in [1.807, 2.05) is 0 Å². The molecule has 17 heavy (non-hydrogen) atoms. The number of rotatable bonds is 4. The van der Waals surface area contributed by atoms with Crippen LogP contribution in [-0.4, -0.2) is 72.5 Å². The fraction of sp³-hybridized carbons (Fsp3) is 0. The van der Waals surface area contributed by atoms with E-state index in [0.717, 1.165) is 18.2 Å². The molecule has 0 atom stereocenters. The Balaban J connectivity index is 0.00000256. The van der Waals surface area contributed by atoms with Crippen LogP contribution in [0.5, 0.6) is 5.75 Å². The van der Waals surface area contributed by atoms with Gasteiger partial charge in [-0.2, -0.15) is 0 Å². The van der Waals surface area contributed by atoms with Crippen LogP contribution in [0.15, 0.2) is 18.2 Å². The summed E-state index contributed by atoms with van der Waals surface area (Å²) in [6, 6.07) is 2.97. The average Bonchev–Trinajstić information content (AvgIpc) is 2.16. The summed E-state index contributed by atoms with van der Waals surface area (Å²) in [7, 11) is 0. The molecule has 0 saturated carbocycles. The first-order valence-electron chi connectivity index (χ1n) is 3.76. The molecule has 0 amide bonds. The predicted molar refractivity (Wildman–Crippen MR) is 53.4 cm³/mol. The number of aromatic carboxylic acids is 1. The number of benzene rings is 1. The Morgan fingerprint density at radius 3 is 2.29 bits per heavy atom. The molecule has 0 spiro atoms. The van der Waals surface area contributed by atoms with Gasteiger partial charge in [0.25, 0.3) is 10.8 Å². The average molecular weight is 267 g/mol. The number of carboxylic acids is 1. The van der Waals surface area contributed by atoms with Crippen molar-refractivity contribution in [2.24, 2.45) is 0 Å². The first-order valence-corrected chi connectivity index (χ1v) is 3.76. The number of carboxylic acid groups (broad SMARTS) is 1. The van der Waals surface area contributed by atoms with E-state index in [4.69, 9.17) is 5.11 Å². The van der Waals surface area contributed by atoms with Crippen LogP contribution in [-0.2, 0) is 0 Å². The monoisotopic (exact) mass is 267 g/mol. The zero-order valence-electron chi connectivity index (χ0n) is 8.52. The number of carbonyl (C=O) groups is 1. The molecule has 1 aromatic carbocycles. The summed E-state index contributed by atoms with van der Waals surface area (Å²) >= 11 is 0. The van der Waals surface area contributed by atoms with Crippen molar-refractivity contribution in [1.29, 1.82) is 0 Å². The van der Waals surface area contributed by atoms with Crippen LogP contribution in [0.2, 0.25) is 0 Å². The minimum atomic E-state index is -1.56. The zero-order valence-corrected chi connectivity index (χ0v) is 11.6. The largest absolute Gasteiger partial charge is 0.478 e. The number of nitro groups is 1. The molecule has 10 heteroatoms. The molecule has 0 aliphatic rings. The maximum Gasteiger partial charge on any atom is 0.338 e. The van der Waals surface area contributed by atoms with Gasteiger partial charge in [0.2, 0.25) is 5.75 Å². The maximum atomic E-state index is 10.7. The first kappa shape index (κ1) is 15.9. The van der Waals surface area contributed by atoms with Crippen molar-refractivity contribution in [3.63, 3.8) is 0 Å². The van der Waals surface area contributed by atoms with Crippen LogP contribution in [0.3, 0.4) is 0 Å². The van der Waals surface area contributed by atoms with Crippen molar-refractivity contribution in [2.45, 2.75) is 0 Å². The Morgan fingerprint density at radius 1 is 1.29 bits per heavy atom. The Hall–Kier alpha value is -1.07. The molecule has 0 bridgehead atoms. The van der Waals surface area contributed by atoms with Gasteiger partial charge in [0.1, 0.15) is 0 Å². The topological polar surface area (TPSA) is 133 Å². The van der Waals surface area contributed by atoms with Crippen LogP contribution in [0.1, 0.15) is 10.4 Å². The molecular formula is C7H4KN2O7. The van der Waals surface area contributed by atoms with Gasteiger partial charge in [0, 0.05) is 57.5 Å². The van der Waals surface area contributed by atoms with E-state index in [2.05, 4.69) is 4.84 Å². The molecule has 1 radical (unpaired) electrons. The summed E-state index contributed by atoms with van der Waals surface area (Å²) in [5.74, 6) is -2.45. The molecule has 0 aliphatic carbocycles.